The van der Waals surface area contributed by atoms with E-state index in [1.807, 2.05) is 6.07 Å². The molecule has 1 fully saturated rings. The Balaban J connectivity index is 1.37. The highest BCUT2D eigenvalue weighted by molar-refractivity contribution is 5.86. The highest BCUT2D eigenvalue weighted by atomic mass is 16.5. The lowest BCUT2D eigenvalue weighted by Crippen LogP contribution is -2.41. The number of nitrogens with one attached hydrogen (secondary N) is 1. The third-order valence-electron chi connectivity index (χ3n) is 7.07. The number of para-hydroxylation sites is 1. The van der Waals surface area contributed by atoms with Crippen LogP contribution in [-0.4, -0.2) is 54.8 Å². The van der Waals surface area contributed by atoms with Crippen molar-refractivity contribution in [3.63, 3.8) is 0 Å². The van der Waals surface area contributed by atoms with Gasteiger partial charge in [0.25, 0.3) is 0 Å². The van der Waals surface area contributed by atoms with Crippen LogP contribution >= 0.6 is 0 Å². The van der Waals surface area contributed by atoms with Crippen LogP contribution in [0.2, 0.25) is 0 Å². The van der Waals surface area contributed by atoms with E-state index in [0.717, 1.165) is 45.8 Å². The van der Waals surface area contributed by atoms with Gasteiger partial charge in [0, 0.05) is 56.2 Å². The Morgan fingerprint density at radius 3 is 2.28 bits per heavy atom. The van der Waals surface area contributed by atoms with Crippen LogP contribution in [0.25, 0.3) is 10.9 Å². The largest absolute Gasteiger partial charge is 0.379 e. The number of amides is 1. The topological polar surface area (TPSA) is 46.5 Å². The molecule has 1 saturated heterocycles. The van der Waals surface area contributed by atoms with E-state index in [-0.39, 0.29) is 11.8 Å². The van der Waals surface area contributed by atoms with Gasteiger partial charge in [0.1, 0.15) is 0 Å². The van der Waals surface area contributed by atoms with Crippen LogP contribution in [0.1, 0.15) is 29.0 Å². The van der Waals surface area contributed by atoms with Gasteiger partial charge < -0.3 is 14.6 Å². The number of aromatic nitrogens is 1. The van der Waals surface area contributed by atoms with Crippen LogP contribution in [0, 0.1) is 0 Å². The van der Waals surface area contributed by atoms with Crippen molar-refractivity contribution in [1.82, 2.24) is 14.8 Å². The number of morpholine rings is 1. The van der Waals surface area contributed by atoms with Gasteiger partial charge in [0.2, 0.25) is 5.91 Å². The maximum Gasteiger partial charge on any atom is 0.220 e. The number of carbonyl (C=O) groups excluding carboxylic acids is 1. The molecule has 3 aromatic carbocycles. The number of hydrogen-bond donors (Lipinski definition) is 1. The number of ether oxygens (including phenoxy) is 1. The maximum atomic E-state index is 13.1. The summed E-state index contributed by atoms with van der Waals surface area (Å²) in [5.41, 5.74) is 4.98. The van der Waals surface area contributed by atoms with Crippen molar-refractivity contribution >= 4 is 16.8 Å². The Labute approximate surface area is 213 Å². The SMILES string of the molecule is O=C(CC(Cc1ccccc1)c1cn(Cc2ccccc2)c2ccccc12)NCCN1CCOCC1. The van der Waals surface area contributed by atoms with Crippen LogP contribution in [0.4, 0.5) is 0 Å². The summed E-state index contributed by atoms with van der Waals surface area (Å²) >= 11 is 0. The van der Waals surface area contributed by atoms with Crippen molar-refractivity contribution in [2.45, 2.75) is 25.3 Å². The molecule has 0 bridgehead atoms. The monoisotopic (exact) mass is 481 g/mol. The zero-order chi connectivity index (χ0) is 24.6. The van der Waals surface area contributed by atoms with E-state index in [1.165, 1.54) is 27.6 Å². The van der Waals surface area contributed by atoms with E-state index in [1.54, 1.807) is 0 Å². The molecule has 186 valence electrons. The third-order valence-corrected chi connectivity index (χ3v) is 7.07. The first-order valence-electron chi connectivity index (χ1n) is 13.0. The minimum Gasteiger partial charge on any atom is -0.379 e. The number of carbonyl (C=O) groups is 1. The highest BCUT2D eigenvalue weighted by Gasteiger charge is 2.22. The Bertz CT molecular complexity index is 1250. The predicted molar refractivity (Wildman–Crippen MR) is 145 cm³/mol. The molecule has 1 aromatic heterocycles. The van der Waals surface area contributed by atoms with Crippen molar-refractivity contribution in [2.75, 3.05) is 39.4 Å². The first kappa shape index (κ1) is 24.3. The maximum absolute atomic E-state index is 13.1. The van der Waals surface area contributed by atoms with E-state index in [2.05, 4.69) is 99.8 Å². The van der Waals surface area contributed by atoms with E-state index >= 15 is 0 Å². The van der Waals surface area contributed by atoms with Crippen molar-refractivity contribution in [2.24, 2.45) is 0 Å². The Morgan fingerprint density at radius 2 is 1.53 bits per heavy atom. The molecule has 5 nitrogen and oxygen atoms in total. The summed E-state index contributed by atoms with van der Waals surface area (Å²) in [6.07, 6.45) is 3.57. The molecular weight excluding hydrogens is 446 g/mol. The average molecular weight is 482 g/mol. The standard InChI is InChI=1S/C31H35N3O2/c35-31(32-15-16-33-17-19-36-20-18-33)22-27(21-25-9-3-1-4-10-25)29-24-34(23-26-11-5-2-6-12-26)30-14-8-7-13-28(29)30/h1-14,24,27H,15-23H2,(H,32,35). The minimum absolute atomic E-state index is 0.0951. The lowest BCUT2D eigenvalue weighted by atomic mass is 9.88. The van der Waals surface area contributed by atoms with E-state index < -0.39 is 0 Å². The average Bonchev–Trinajstić information content (AvgIpc) is 3.28. The van der Waals surface area contributed by atoms with Crippen molar-refractivity contribution in [3.8, 4) is 0 Å². The molecule has 1 N–H and O–H groups in total. The Kier molecular flexibility index (Phi) is 8.11. The molecule has 0 spiro atoms. The van der Waals surface area contributed by atoms with Gasteiger partial charge in [-0.15, -0.1) is 0 Å². The number of fused-ring (bicyclic) bond motifs is 1. The molecule has 1 aliphatic rings. The van der Waals surface area contributed by atoms with Gasteiger partial charge in [-0.25, -0.2) is 0 Å². The summed E-state index contributed by atoms with van der Waals surface area (Å²) in [6.45, 7) is 5.79. The lowest BCUT2D eigenvalue weighted by molar-refractivity contribution is -0.121. The molecule has 5 heteroatoms. The van der Waals surface area contributed by atoms with Crippen LogP contribution in [0.3, 0.4) is 0 Å². The van der Waals surface area contributed by atoms with Gasteiger partial charge in [0.15, 0.2) is 0 Å². The second kappa shape index (κ2) is 12.0. The van der Waals surface area contributed by atoms with Gasteiger partial charge in [-0.2, -0.15) is 0 Å². The zero-order valence-electron chi connectivity index (χ0n) is 20.8. The molecule has 0 radical (unpaired) electrons. The molecule has 1 aliphatic heterocycles. The number of hydrogen-bond acceptors (Lipinski definition) is 3. The molecule has 36 heavy (non-hydrogen) atoms. The second-order valence-corrected chi connectivity index (χ2v) is 9.61. The van der Waals surface area contributed by atoms with Gasteiger partial charge in [0.05, 0.1) is 13.2 Å². The number of nitrogens with zero attached hydrogens (tertiary/aromatic N) is 2. The van der Waals surface area contributed by atoms with Gasteiger partial charge >= 0.3 is 0 Å². The summed E-state index contributed by atoms with van der Waals surface area (Å²) in [5.74, 6) is 0.210. The van der Waals surface area contributed by atoms with E-state index in [4.69, 9.17) is 4.74 Å². The normalized spacial score (nSPS) is 15.1. The van der Waals surface area contributed by atoms with Crippen LogP contribution < -0.4 is 5.32 Å². The molecule has 1 atom stereocenters. The summed E-state index contributed by atoms with van der Waals surface area (Å²) in [6, 6.07) is 29.6. The smallest absolute Gasteiger partial charge is 0.220 e. The third kappa shape index (κ3) is 6.23. The van der Waals surface area contributed by atoms with Gasteiger partial charge in [-0.1, -0.05) is 78.9 Å². The molecule has 0 aliphatic carbocycles. The molecule has 0 saturated carbocycles. The minimum atomic E-state index is 0.0951. The van der Waals surface area contributed by atoms with Crippen molar-refractivity contribution < 1.29 is 9.53 Å². The van der Waals surface area contributed by atoms with Gasteiger partial charge in [-0.05, 0) is 35.1 Å². The fraction of sp³-hybridized carbons (Fsp3) is 0.323. The van der Waals surface area contributed by atoms with Crippen LogP contribution in [-0.2, 0) is 22.5 Å². The summed E-state index contributed by atoms with van der Waals surface area (Å²) in [4.78, 5) is 15.5. The van der Waals surface area contributed by atoms with Crippen LogP contribution in [0.15, 0.2) is 91.1 Å². The highest BCUT2D eigenvalue weighted by Crippen LogP contribution is 2.33. The summed E-state index contributed by atoms with van der Waals surface area (Å²) in [7, 11) is 0. The van der Waals surface area contributed by atoms with Gasteiger partial charge in [-0.3, -0.25) is 9.69 Å². The molecular formula is C31H35N3O2. The quantitative estimate of drug-likeness (QED) is 0.352. The van der Waals surface area contributed by atoms with E-state index in [9.17, 15) is 4.79 Å². The number of rotatable bonds is 10. The van der Waals surface area contributed by atoms with E-state index in [0.29, 0.717) is 13.0 Å². The summed E-state index contributed by atoms with van der Waals surface area (Å²) < 4.78 is 7.76. The second-order valence-electron chi connectivity index (χ2n) is 9.61. The van der Waals surface area contributed by atoms with Crippen LogP contribution in [0.5, 0.6) is 0 Å². The Morgan fingerprint density at radius 1 is 0.861 bits per heavy atom. The predicted octanol–water partition coefficient (Wildman–Crippen LogP) is 4.85. The molecule has 4 aromatic rings. The fourth-order valence-corrected chi connectivity index (χ4v) is 5.18. The van der Waals surface area contributed by atoms with Crippen molar-refractivity contribution in [1.29, 1.82) is 0 Å². The molecule has 1 unspecified atom stereocenters. The zero-order valence-corrected chi connectivity index (χ0v) is 20.8. The summed E-state index contributed by atoms with van der Waals surface area (Å²) in [5, 5.41) is 4.41. The molecule has 5 rings (SSSR count). The first-order chi connectivity index (χ1) is 17.8. The number of benzene rings is 3. The first-order valence-corrected chi connectivity index (χ1v) is 13.0. The Hall–Kier alpha value is -3.41. The molecule has 1 amide bonds. The molecule has 2 heterocycles. The fourth-order valence-electron chi connectivity index (χ4n) is 5.18. The lowest BCUT2D eigenvalue weighted by Gasteiger charge is -2.26. The van der Waals surface area contributed by atoms with Crippen molar-refractivity contribution in [3.05, 3.63) is 108 Å².